The van der Waals surface area contributed by atoms with Crippen LogP contribution in [0.3, 0.4) is 0 Å². The zero-order valence-corrected chi connectivity index (χ0v) is 9.93. The van der Waals surface area contributed by atoms with Crippen LogP contribution in [0.2, 0.25) is 0 Å². The lowest BCUT2D eigenvalue weighted by Crippen LogP contribution is -2.68. The van der Waals surface area contributed by atoms with E-state index < -0.39 is 0 Å². The first-order chi connectivity index (χ1) is 6.99. The second-order valence-corrected chi connectivity index (χ2v) is 5.89. The molecule has 86 valence electrons. The molecule has 1 heterocycles. The first-order valence-electron chi connectivity index (χ1n) is 5.80. The number of hydrogen-bond donors (Lipinski definition) is 1. The van der Waals surface area contributed by atoms with Crippen molar-refractivity contribution >= 4 is 5.97 Å². The van der Waals surface area contributed by atoms with Gasteiger partial charge in [-0.15, -0.1) is 0 Å². The van der Waals surface area contributed by atoms with Gasteiger partial charge in [0.25, 0.3) is 0 Å². The maximum Gasteiger partial charge on any atom is 0.323 e. The number of carbonyl (C=O) groups is 1. The number of hydrogen-bond acceptors (Lipinski definition) is 3. The molecule has 0 bridgehead atoms. The van der Waals surface area contributed by atoms with Gasteiger partial charge < -0.3 is 10.1 Å². The second-order valence-electron chi connectivity index (χ2n) is 5.89. The van der Waals surface area contributed by atoms with Crippen LogP contribution in [0, 0.1) is 10.8 Å². The Hall–Kier alpha value is -0.570. The fourth-order valence-electron chi connectivity index (χ4n) is 3.39. The molecule has 0 aromatic heterocycles. The summed E-state index contributed by atoms with van der Waals surface area (Å²) in [5, 5.41) is 3.22. The maximum atomic E-state index is 11.6. The summed E-state index contributed by atoms with van der Waals surface area (Å²) in [6, 6.07) is -0.0536. The van der Waals surface area contributed by atoms with Crippen molar-refractivity contribution in [3.8, 4) is 0 Å². The highest BCUT2D eigenvalue weighted by Gasteiger charge is 2.54. The van der Waals surface area contributed by atoms with Crippen LogP contribution in [0.25, 0.3) is 0 Å². The molecule has 1 saturated heterocycles. The fourth-order valence-corrected chi connectivity index (χ4v) is 3.39. The molecule has 15 heavy (non-hydrogen) atoms. The van der Waals surface area contributed by atoms with Gasteiger partial charge in [-0.05, 0) is 24.7 Å². The van der Waals surface area contributed by atoms with E-state index in [2.05, 4.69) is 19.2 Å². The molecule has 2 atom stereocenters. The van der Waals surface area contributed by atoms with E-state index in [4.69, 9.17) is 4.74 Å². The van der Waals surface area contributed by atoms with Crippen LogP contribution in [0.4, 0.5) is 0 Å². The van der Waals surface area contributed by atoms with Crippen molar-refractivity contribution in [2.45, 2.75) is 45.6 Å². The van der Waals surface area contributed by atoms with Crippen molar-refractivity contribution in [1.82, 2.24) is 5.32 Å². The van der Waals surface area contributed by atoms with Crippen LogP contribution in [-0.4, -0.2) is 25.7 Å². The number of ether oxygens (including phenoxy) is 1. The molecule has 2 fully saturated rings. The SMILES string of the molecule is COC(=O)[C@@H]1NC[C@]12CCCC(C)(C)C2. The van der Waals surface area contributed by atoms with E-state index in [1.807, 2.05) is 0 Å². The molecule has 1 saturated carbocycles. The van der Waals surface area contributed by atoms with E-state index in [0.717, 1.165) is 13.0 Å². The van der Waals surface area contributed by atoms with E-state index in [-0.39, 0.29) is 17.4 Å². The van der Waals surface area contributed by atoms with Gasteiger partial charge in [-0.1, -0.05) is 20.3 Å². The summed E-state index contributed by atoms with van der Waals surface area (Å²) in [6.45, 7) is 5.59. The number of rotatable bonds is 1. The first-order valence-corrected chi connectivity index (χ1v) is 5.80. The Morgan fingerprint density at radius 3 is 2.60 bits per heavy atom. The van der Waals surface area contributed by atoms with E-state index in [0.29, 0.717) is 5.41 Å². The Labute approximate surface area is 91.6 Å². The summed E-state index contributed by atoms with van der Waals surface area (Å²) in [5.74, 6) is -0.0843. The Morgan fingerprint density at radius 2 is 2.13 bits per heavy atom. The van der Waals surface area contributed by atoms with Crippen LogP contribution in [-0.2, 0) is 9.53 Å². The fraction of sp³-hybridized carbons (Fsp3) is 0.917. The van der Waals surface area contributed by atoms with Gasteiger partial charge in [0.1, 0.15) is 6.04 Å². The van der Waals surface area contributed by atoms with Gasteiger partial charge in [-0.25, -0.2) is 0 Å². The molecular weight excluding hydrogens is 190 g/mol. The molecule has 3 nitrogen and oxygen atoms in total. The third-order valence-corrected chi connectivity index (χ3v) is 4.07. The van der Waals surface area contributed by atoms with Crippen molar-refractivity contribution in [2.75, 3.05) is 13.7 Å². The van der Waals surface area contributed by atoms with Crippen molar-refractivity contribution < 1.29 is 9.53 Å². The highest BCUT2D eigenvalue weighted by Crippen LogP contribution is 2.51. The minimum atomic E-state index is -0.0843. The molecule has 1 spiro atoms. The van der Waals surface area contributed by atoms with E-state index in [9.17, 15) is 4.79 Å². The monoisotopic (exact) mass is 211 g/mol. The van der Waals surface area contributed by atoms with E-state index in [1.54, 1.807) is 0 Å². The Bertz CT molecular complexity index is 275. The van der Waals surface area contributed by atoms with Gasteiger partial charge in [0.2, 0.25) is 0 Å². The highest BCUT2D eigenvalue weighted by atomic mass is 16.5. The lowest BCUT2D eigenvalue weighted by atomic mass is 9.57. The van der Waals surface area contributed by atoms with Crippen LogP contribution >= 0.6 is 0 Å². The predicted molar refractivity (Wildman–Crippen MR) is 58.5 cm³/mol. The number of carbonyl (C=O) groups excluding carboxylic acids is 1. The molecule has 0 unspecified atom stereocenters. The van der Waals surface area contributed by atoms with Crippen LogP contribution < -0.4 is 5.32 Å². The first kappa shape index (κ1) is 10.9. The second kappa shape index (κ2) is 3.48. The van der Waals surface area contributed by atoms with E-state index in [1.165, 1.54) is 26.4 Å². The zero-order valence-electron chi connectivity index (χ0n) is 9.93. The van der Waals surface area contributed by atoms with Crippen molar-refractivity contribution in [1.29, 1.82) is 0 Å². The molecule has 0 radical (unpaired) electrons. The quantitative estimate of drug-likeness (QED) is 0.671. The Kier molecular flexibility index (Phi) is 2.53. The molecule has 3 heteroatoms. The third kappa shape index (κ3) is 1.78. The zero-order chi connectivity index (χ0) is 11.1. The lowest BCUT2D eigenvalue weighted by molar-refractivity contribution is -0.155. The summed E-state index contributed by atoms with van der Waals surface area (Å²) in [7, 11) is 1.48. The summed E-state index contributed by atoms with van der Waals surface area (Å²) in [5.41, 5.74) is 0.571. The smallest absolute Gasteiger partial charge is 0.323 e. The summed E-state index contributed by atoms with van der Waals surface area (Å²) >= 11 is 0. The molecule has 1 N–H and O–H groups in total. The third-order valence-electron chi connectivity index (χ3n) is 4.07. The minimum absolute atomic E-state index is 0.0536. The topological polar surface area (TPSA) is 38.3 Å². The number of methoxy groups -OCH3 is 1. The van der Waals surface area contributed by atoms with Crippen LogP contribution in [0.15, 0.2) is 0 Å². The van der Waals surface area contributed by atoms with Gasteiger partial charge >= 0.3 is 5.97 Å². The van der Waals surface area contributed by atoms with Gasteiger partial charge in [0.15, 0.2) is 0 Å². The molecule has 2 rings (SSSR count). The summed E-state index contributed by atoms with van der Waals surface area (Å²) in [4.78, 5) is 11.6. The van der Waals surface area contributed by atoms with Gasteiger partial charge in [0, 0.05) is 12.0 Å². The summed E-state index contributed by atoms with van der Waals surface area (Å²) in [6.07, 6.45) is 4.83. The molecule has 0 aromatic rings. The Morgan fingerprint density at radius 1 is 1.40 bits per heavy atom. The van der Waals surface area contributed by atoms with Crippen LogP contribution in [0.5, 0.6) is 0 Å². The van der Waals surface area contributed by atoms with E-state index >= 15 is 0 Å². The molecule has 0 aromatic carbocycles. The average Bonchev–Trinajstić information content (AvgIpc) is 2.14. The van der Waals surface area contributed by atoms with Crippen molar-refractivity contribution in [3.05, 3.63) is 0 Å². The molecule has 1 aliphatic carbocycles. The van der Waals surface area contributed by atoms with Crippen molar-refractivity contribution in [3.63, 3.8) is 0 Å². The molecule has 2 aliphatic rings. The highest BCUT2D eigenvalue weighted by molar-refractivity contribution is 5.78. The Balaban J connectivity index is 2.10. The van der Waals surface area contributed by atoms with Gasteiger partial charge in [-0.3, -0.25) is 4.79 Å². The van der Waals surface area contributed by atoms with Crippen molar-refractivity contribution in [2.24, 2.45) is 10.8 Å². The average molecular weight is 211 g/mol. The van der Waals surface area contributed by atoms with Crippen LogP contribution in [0.1, 0.15) is 39.5 Å². The van der Waals surface area contributed by atoms with Gasteiger partial charge in [0.05, 0.1) is 7.11 Å². The normalized spacial score (nSPS) is 38.5. The predicted octanol–water partition coefficient (Wildman–Crippen LogP) is 1.72. The minimum Gasteiger partial charge on any atom is -0.468 e. The standard InChI is InChI=1S/C12H21NO2/c1-11(2)5-4-6-12(7-11)8-13-9(12)10(14)15-3/h9,13H,4-8H2,1-3H3/t9-,12+/m0/s1. The number of esters is 1. The lowest BCUT2D eigenvalue weighted by Gasteiger charge is -2.55. The number of nitrogens with one attached hydrogen (secondary N) is 1. The summed E-state index contributed by atoms with van der Waals surface area (Å²) < 4.78 is 4.85. The largest absolute Gasteiger partial charge is 0.468 e. The molecular formula is C12H21NO2. The molecule has 1 aliphatic heterocycles. The molecule has 0 amide bonds. The maximum absolute atomic E-state index is 11.6. The van der Waals surface area contributed by atoms with Gasteiger partial charge in [-0.2, -0.15) is 0 Å².